The molecule has 0 spiro atoms. The van der Waals surface area contributed by atoms with Crippen molar-refractivity contribution in [2.75, 3.05) is 17.2 Å². The maximum Gasteiger partial charge on any atom is 0.225 e. The van der Waals surface area contributed by atoms with Crippen LogP contribution in [-0.2, 0) is 6.54 Å². The van der Waals surface area contributed by atoms with Crippen molar-refractivity contribution >= 4 is 11.8 Å². The average molecular weight is 349 g/mol. The lowest BCUT2D eigenvalue weighted by Crippen LogP contribution is -2.21. The summed E-state index contributed by atoms with van der Waals surface area (Å²) < 4.78 is 0. The highest BCUT2D eigenvalue weighted by Gasteiger charge is 2.09. The number of rotatable bonds is 7. The molecule has 0 fully saturated rings. The molecule has 2 heterocycles. The first kappa shape index (κ1) is 17.8. The van der Waals surface area contributed by atoms with E-state index < -0.39 is 0 Å². The Hall–Kier alpha value is -2.99. The second-order valence-electron chi connectivity index (χ2n) is 6.27. The van der Waals surface area contributed by atoms with E-state index in [1.54, 1.807) is 12.4 Å². The summed E-state index contributed by atoms with van der Waals surface area (Å²) >= 11 is 0. The molecule has 0 saturated carbocycles. The van der Waals surface area contributed by atoms with Crippen LogP contribution in [0.5, 0.6) is 0 Å². The lowest BCUT2D eigenvalue weighted by Gasteiger charge is -2.14. The van der Waals surface area contributed by atoms with Crippen LogP contribution in [0.15, 0.2) is 54.9 Å². The predicted molar refractivity (Wildman–Crippen MR) is 104 cm³/mol. The van der Waals surface area contributed by atoms with Crippen LogP contribution in [-0.4, -0.2) is 32.7 Å². The van der Waals surface area contributed by atoms with Crippen molar-refractivity contribution in [2.24, 2.45) is 0 Å². The molecule has 2 aromatic heterocycles. The molecule has 1 atom stereocenters. The molecule has 26 heavy (non-hydrogen) atoms. The highest BCUT2D eigenvalue weighted by molar-refractivity contribution is 5.63. The van der Waals surface area contributed by atoms with Crippen LogP contribution in [0, 0.1) is 6.92 Å². The largest absolute Gasteiger partial charge is 0.394 e. The molecule has 0 radical (unpaired) electrons. The minimum atomic E-state index is -0.135. The van der Waals surface area contributed by atoms with E-state index in [1.165, 1.54) is 11.1 Å². The van der Waals surface area contributed by atoms with Crippen molar-refractivity contribution in [1.82, 2.24) is 15.0 Å². The van der Waals surface area contributed by atoms with Crippen molar-refractivity contribution in [3.63, 3.8) is 0 Å². The van der Waals surface area contributed by atoms with Crippen molar-refractivity contribution < 1.29 is 5.11 Å². The second kappa shape index (κ2) is 8.40. The summed E-state index contributed by atoms with van der Waals surface area (Å²) in [4.78, 5) is 13.2. The number of aromatic nitrogens is 3. The van der Waals surface area contributed by atoms with Gasteiger partial charge >= 0.3 is 0 Å². The highest BCUT2D eigenvalue weighted by atomic mass is 16.3. The molecule has 0 amide bonds. The molecule has 0 aliphatic rings. The average Bonchev–Trinajstić information content (AvgIpc) is 2.67. The minimum Gasteiger partial charge on any atom is -0.394 e. The zero-order valence-corrected chi connectivity index (χ0v) is 15.0. The van der Waals surface area contributed by atoms with Gasteiger partial charge in [0.05, 0.1) is 12.3 Å². The van der Waals surface area contributed by atoms with E-state index in [2.05, 4.69) is 50.7 Å². The molecule has 0 bridgehead atoms. The van der Waals surface area contributed by atoms with Crippen molar-refractivity contribution in [3.05, 3.63) is 66.0 Å². The van der Waals surface area contributed by atoms with E-state index in [9.17, 15) is 5.11 Å². The standard InChI is InChI=1S/C20H23N5O/c1-14-5-3-6-16(9-14)11-22-19-10-18(17-7-4-8-21-12-17)24-20(25-19)23-15(2)13-26/h3-10,12,15,26H,11,13H2,1-2H3,(H2,22,23,24,25)/t15-/m0/s1. The summed E-state index contributed by atoms with van der Waals surface area (Å²) in [6.07, 6.45) is 3.50. The molecule has 1 aromatic carbocycles. The highest BCUT2D eigenvalue weighted by Crippen LogP contribution is 2.21. The molecular weight excluding hydrogens is 326 g/mol. The monoisotopic (exact) mass is 349 g/mol. The number of aliphatic hydroxyl groups excluding tert-OH is 1. The first-order valence-corrected chi connectivity index (χ1v) is 8.60. The van der Waals surface area contributed by atoms with E-state index in [-0.39, 0.29) is 12.6 Å². The van der Waals surface area contributed by atoms with Crippen LogP contribution in [0.3, 0.4) is 0 Å². The van der Waals surface area contributed by atoms with E-state index in [4.69, 9.17) is 0 Å². The van der Waals surface area contributed by atoms with E-state index in [0.717, 1.165) is 11.3 Å². The molecule has 0 saturated heterocycles. The summed E-state index contributed by atoms with van der Waals surface area (Å²) in [7, 11) is 0. The van der Waals surface area contributed by atoms with Crippen LogP contribution in [0.4, 0.5) is 11.8 Å². The lowest BCUT2D eigenvalue weighted by atomic mass is 10.1. The molecule has 3 N–H and O–H groups in total. The summed E-state index contributed by atoms with van der Waals surface area (Å²) in [5.74, 6) is 1.19. The number of anilines is 2. The zero-order valence-electron chi connectivity index (χ0n) is 15.0. The number of aliphatic hydroxyl groups is 1. The van der Waals surface area contributed by atoms with Crippen LogP contribution < -0.4 is 10.6 Å². The van der Waals surface area contributed by atoms with Crippen molar-refractivity contribution in [2.45, 2.75) is 26.4 Å². The lowest BCUT2D eigenvalue weighted by molar-refractivity contribution is 0.281. The van der Waals surface area contributed by atoms with Crippen molar-refractivity contribution in [1.29, 1.82) is 0 Å². The van der Waals surface area contributed by atoms with Gasteiger partial charge in [-0.2, -0.15) is 4.98 Å². The number of aryl methyl sites for hydroxylation is 1. The van der Waals surface area contributed by atoms with Gasteiger partial charge in [-0.15, -0.1) is 0 Å². The fourth-order valence-corrected chi connectivity index (χ4v) is 2.55. The molecular formula is C20H23N5O. The number of hydrogen-bond acceptors (Lipinski definition) is 6. The Kier molecular flexibility index (Phi) is 5.76. The van der Waals surface area contributed by atoms with Gasteiger partial charge in [-0.25, -0.2) is 4.98 Å². The molecule has 3 rings (SSSR count). The van der Waals surface area contributed by atoms with Crippen LogP contribution in [0.25, 0.3) is 11.3 Å². The normalized spacial score (nSPS) is 11.8. The third-order valence-corrected chi connectivity index (χ3v) is 3.89. The number of pyridine rings is 1. The SMILES string of the molecule is Cc1cccc(CNc2cc(-c3cccnc3)nc(N[C@@H](C)CO)n2)c1. The van der Waals surface area contributed by atoms with Gasteiger partial charge in [-0.05, 0) is 31.5 Å². The smallest absolute Gasteiger partial charge is 0.225 e. The Morgan fingerprint density at radius 2 is 2.00 bits per heavy atom. The second-order valence-corrected chi connectivity index (χ2v) is 6.27. The van der Waals surface area contributed by atoms with Crippen LogP contribution in [0.1, 0.15) is 18.1 Å². The van der Waals surface area contributed by atoms with E-state index in [0.29, 0.717) is 18.3 Å². The van der Waals surface area contributed by atoms with Gasteiger partial charge in [0.1, 0.15) is 5.82 Å². The van der Waals surface area contributed by atoms with Crippen LogP contribution in [0.2, 0.25) is 0 Å². The molecule has 6 heteroatoms. The quantitative estimate of drug-likeness (QED) is 0.607. The van der Waals surface area contributed by atoms with Crippen LogP contribution >= 0.6 is 0 Å². The third kappa shape index (κ3) is 4.77. The predicted octanol–water partition coefficient (Wildman–Crippen LogP) is 3.25. The number of hydrogen-bond donors (Lipinski definition) is 3. The number of benzene rings is 1. The number of nitrogens with one attached hydrogen (secondary N) is 2. The molecule has 0 unspecified atom stereocenters. The topological polar surface area (TPSA) is 83.0 Å². The Labute approximate surface area is 153 Å². The molecule has 0 aliphatic heterocycles. The maximum atomic E-state index is 9.29. The molecule has 6 nitrogen and oxygen atoms in total. The molecule has 3 aromatic rings. The third-order valence-electron chi connectivity index (χ3n) is 3.89. The number of nitrogens with zero attached hydrogens (tertiary/aromatic N) is 3. The Balaban J connectivity index is 1.86. The van der Waals surface area contributed by atoms with Gasteiger partial charge in [0.2, 0.25) is 5.95 Å². The summed E-state index contributed by atoms with van der Waals surface area (Å²) in [5.41, 5.74) is 4.09. The van der Waals surface area contributed by atoms with Gasteiger partial charge in [-0.3, -0.25) is 4.98 Å². The molecule has 0 aliphatic carbocycles. The minimum absolute atomic E-state index is 0.00648. The summed E-state index contributed by atoms with van der Waals surface area (Å²) in [5, 5.41) is 15.8. The van der Waals surface area contributed by atoms with Gasteiger partial charge < -0.3 is 15.7 Å². The van der Waals surface area contributed by atoms with Gasteiger partial charge in [0.25, 0.3) is 0 Å². The Morgan fingerprint density at radius 1 is 1.12 bits per heavy atom. The fourth-order valence-electron chi connectivity index (χ4n) is 2.55. The fraction of sp³-hybridized carbons (Fsp3) is 0.250. The first-order valence-electron chi connectivity index (χ1n) is 8.60. The Bertz CT molecular complexity index is 854. The van der Waals surface area contributed by atoms with Gasteiger partial charge in [-0.1, -0.05) is 29.8 Å². The van der Waals surface area contributed by atoms with Crippen molar-refractivity contribution in [3.8, 4) is 11.3 Å². The van der Waals surface area contributed by atoms with E-state index in [1.807, 2.05) is 31.2 Å². The van der Waals surface area contributed by atoms with E-state index >= 15 is 0 Å². The first-order chi connectivity index (χ1) is 12.6. The van der Waals surface area contributed by atoms with Gasteiger partial charge in [0.15, 0.2) is 0 Å². The maximum absolute atomic E-state index is 9.29. The zero-order chi connectivity index (χ0) is 18.4. The summed E-state index contributed by atoms with van der Waals surface area (Å²) in [6, 6.07) is 13.9. The molecule has 134 valence electrons. The van der Waals surface area contributed by atoms with Gasteiger partial charge in [0, 0.05) is 36.6 Å². The Morgan fingerprint density at radius 3 is 2.73 bits per heavy atom. The summed E-state index contributed by atoms with van der Waals surface area (Å²) in [6.45, 7) is 4.62.